The lowest BCUT2D eigenvalue weighted by atomic mass is 10.2. The molecule has 0 saturated carbocycles. The van der Waals surface area contributed by atoms with Gasteiger partial charge in [0.15, 0.2) is 0 Å². The largest absolute Gasteiger partial charge is 0.374 e. The molecule has 1 aliphatic heterocycles. The number of rotatable bonds is 2. The van der Waals surface area contributed by atoms with Gasteiger partial charge >= 0.3 is 10.4 Å². The number of halogens is 2. The number of anilines is 1. The topological polar surface area (TPSA) is 40.6 Å². The van der Waals surface area contributed by atoms with Crippen molar-refractivity contribution < 1.29 is 16.7 Å². The fourth-order valence-corrected chi connectivity index (χ4v) is 2.45. The van der Waals surface area contributed by atoms with Gasteiger partial charge in [0.2, 0.25) is 0 Å². The van der Waals surface area contributed by atoms with E-state index < -0.39 is 10.4 Å². The van der Waals surface area contributed by atoms with Crippen molar-refractivity contribution in [3.8, 4) is 0 Å². The molecule has 0 amide bonds. The molecule has 0 bridgehead atoms. The highest BCUT2D eigenvalue weighted by atomic mass is 32.3. The highest BCUT2D eigenvalue weighted by Crippen LogP contribution is 2.21. The van der Waals surface area contributed by atoms with Gasteiger partial charge in [-0.15, -0.1) is 0 Å². The van der Waals surface area contributed by atoms with Crippen LogP contribution in [0.25, 0.3) is 0 Å². The Balaban J connectivity index is 2.08. The minimum Gasteiger partial charge on any atom is -0.367 e. The highest BCUT2D eigenvalue weighted by molar-refractivity contribution is 7.83. The molecule has 2 rings (SSSR count). The van der Waals surface area contributed by atoms with Gasteiger partial charge in [0.05, 0.1) is 5.69 Å². The van der Waals surface area contributed by atoms with E-state index in [1.165, 1.54) is 6.07 Å². The van der Waals surface area contributed by atoms with Gasteiger partial charge in [-0.3, -0.25) is 0 Å². The third-order valence-electron chi connectivity index (χ3n) is 2.74. The maximum atomic E-state index is 13.5. The first-order chi connectivity index (χ1) is 7.98. The fourth-order valence-electron chi connectivity index (χ4n) is 1.86. The zero-order chi connectivity index (χ0) is 12.5. The van der Waals surface area contributed by atoms with Crippen molar-refractivity contribution in [2.45, 2.75) is 0 Å². The van der Waals surface area contributed by atoms with Crippen LogP contribution in [0.3, 0.4) is 0 Å². The number of benzene rings is 1. The molecule has 1 aromatic rings. The molecule has 17 heavy (non-hydrogen) atoms. The zero-order valence-electron chi connectivity index (χ0n) is 9.01. The van der Waals surface area contributed by atoms with Crippen LogP contribution in [0, 0.1) is 5.82 Å². The van der Waals surface area contributed by atoms with Gasteiger partial charge in [-0.25, -0.2) is 4.39 Å². The number of nitrogens with zero attached hydrogens (tertiary/aromatic N) is 2. The Hall–Kier alpha value is -1.21. The summed E-state index contributed by atoms with van der Waals surface area (Å²) in [7, 11) is -4.63. The second-order valence-corrected chi connectivity index (χ2v) is 5.12. The van der Waals surface area contributed by atoms with Crippen molar-refractivity contribution in [3.05, 3.63) is 30.1 Å². The normalized spacial score (nSPS) is 18.4. The van der Waals surface area contributed by atoms with Crippen LogP contribution in [-0.2, 0) is 10.4 Å². The fraction of sp³-hybridized carbons (Fsp3) is 0.400. The number of para-hydroxylation sites is 1. The summed E-state index contributed by atoms with van der Waals surface area (Å²) in [5.41, 5.74) is 0.420. The molecule has 0 aliphatic carbocycles. The monoisotopic (exact) mass is 262 g/mol. The molecule has 94 valence electrons. The van der Waals surface area contributed by atoms with Crippen LogP contribution < -0.4 is 4.90 Å². The number of piperazine rings is 1. The second-order valence-electron chi connectivity index (χ2n) is 3.78. The summed E-state index contributed by atoms with van der Waals surface area (Å²) >= 11 is 0. The van der Waals surface area contributed by atoms with E-state index in [2.05, 4.69) is 0 Å². The number of hydrogen-bond donors (Lipinski definition) is 0. The van der Waals surface area contributed by atoms with Crippen LogP contribution in [0.1, 0.15) is 0 Å². The summed E-state index contributed by atoms with van der Waals surface area (Å²) in [6, 6.07) is 6.25. The summed E-state index contributed by atoms with van der Waals surface area (Å²) < 4.78 is 48.2. The van der Waals surface area contributed by atoms with Gasteiger partial charge in [-0.1, -0.05) is 16.0 Å². The Kier molecular flexibility index (Phi) is 3.30. The van der Waals surface area contributed by atoms with Crippen LogP contribution in [-0.4, -0.2) is 38.9 Å². The molecule has 1 heterocycles. The molecule has 1 saturated heterocycles. The van der Waals surface area contributed by atoms with E-state index in [4.69, 9.17) is 0 Å². The lowest BCUT2D eigenvalue weighted by Gasteiger charge is -2.33. The van der Waals surface area contributed by atoms with Gasteiger partial charge in [0.25, 0.3) is 0 Å². The van der Waals surface area contributed by atoms with Crippen LogP contribution in [0.4, 0.5) is 14.0 Å². The average molecular weight is 262 g/mol. The Bertz CT molecular complexity index is 499. The first kappa shape index (κ1) is 12.3. The first-order valence-electron chi connectivity index (χ1n) is 5.18. The van der Waals surface area contributed by atoms with Crippen molar-refractivity contribution in [1.82, 2.24) is 4.31 Å². The molecule has 0 N–H and O–H groups in total. The molecule has 1 fully saturated rings. The molecular weight excluding hydrogens is 250 g/mol. The lowest BCUT2D eigenvalue weighted by Crippen LogP contribution is -2.47. The van der Waals surface area contributed by atoms with E-state index in [-0.39, 0.29) is 32.0 Å². The quantitative estimate of drug-likeness (QED) is 0.751. The van der Waals surface area contributed by atoms with E-state index in [1.54, 1.807) is 23.1 Å². The van der Waals surface area contributed by atoms with Gasteiger partial charge < -0.3 is 4.90 Å². The maximum absolute atomic E-state index is 13.5. The van der Waals surface area contributed by atoms with E-state index in [0.717, 1.165) is 4.31 Å². The Labute approximate surface area is 98.8 Å². The SMILES string of the molecule is O=S(=O)(F)N1CCN(c2ccccc2F)CC1. The predicted octanol–water partition coefficient (Wildman–Crippen LogP) is 1.16. The molecule has 0 unspecified atom stereocenters. The molecule has 0 aromatic heterocycles. The Morgan fingerprint density at radius 1 is 1.06 bits per heavy atom. The zero-order valence-corrected chi connectivity index (χ0v) is 9.83. The summed E-state index contributed by atoms with van der Waals surface area (Å²) in [6.07, 6.45) is 0. The molecule has 7 heteroatoms. The predicted molar refractivity (Wildman–Crippen MR) is 60.2 cm³/mol. The third kappa shape index (κ3) is 2.73. The third-order valence-corrected chi connectivity index (χ3v) is 3.72. The summed E-state index contributed by atoms with van der Waals surface area (Å²) in [6.45, 7) is 0.633. The van der Waals surface area contributed by atoms with E-state index >= 15 is 0 Å². The maximum Gasteiger partial charge on any atom is 0.374 e. The summed E-state index contributed by atoms with van der Waals surface area (Å²) in [5.74, 6) is -0.357. The van der Waals surface area contributed by atoms with Crippen molar-refractivity contribution >= 4 is 16.1 Å². The van der Waals surface area contributed by atoms with E-state index in [0.29, 0.717) is 5.69 Å². The average Bonchev–Trinajstić information content (AvgIpc) is 2.29. The molecule has 4 nitrogen and oxygen atoms in total. The minimum absolute atomic E-state index is 0.0349. The van der Waals surface area contributed by atoms with E-state index in [1.807, 2.05) is 0 Å². The van der Waals surface area contributed by atoms with Crippen LogP contribution in [0.5, 0.6) is 0 Å². The molecule has 0 spiro atoms. The first-order valence-corrected chi connectivity index (χ1v) is 6.52. The lowest BCUT2D eigenvalue weighted by molar-refractivity contribution is 0.361. The van der Waals surface area contributed by atoms with Crippen molar-refractivity contribution in [3.63, 3.8) is 0 Å². The Morgan fingerprint density at radius 3 is 2.18 bits per heavy atom. The standard InChI is InChI=1S/C10H12F2N2O2S/c11-9-3-1-2-4-10(9)13-5-7-14(8-6-13)17(12,15)16/h1-4H,5-8H2. The van der Waals surface area contributed by atoms with Crippen molar-refractivity contribution in [1.29, 1.82) is 0 Å². The minimum atomic E-state index is -4.63. The van der Waals surface area contributed by atoms with Crippen LogP contribution in [0.15, 0.2) is 24.3 Å². The van der Waals surface area contributed by atoms with Gasteiger partial charge in [-0.05, 0) is 12.1 Å². The van der Waals surface area contributed by atoms with E-state index in [9.17, 15) is 16.7 Å². The molecule has 0 radical (unpaired) electrons. The van der Waals surface area contributed by atoms with Crippen LogP contribution in [0.2, 0.25) is 0 Å². The van der Waals surface area contributed by atoms with Gasteiger partial charge in [0, 0.05) is 26.2 Å². The van der Waals surface area contributed by atoms with Crippen molar-refractivity contribution in [2.24, 2.45) is 0 Å². The summed E-state index contributed by atoms with van der Waals surface area (Å²) in [4.78, 5) is 1.71. The molecule has 1 aromatic carbocycles. The molecule has 0 atom stereocenters. The Morgan fingerprint density at radius 2 is 1.65 bits per heavy atom. The molecular formula is C10H12F2N2O2S. The molecule has 1 aliphatic rings. The number of hydrogen-bond acceptors (Lipinski definition) is 3. The highest BCUT2D eigenvalue weighted by Gasteiger charge is 2.27. The smallest absolute Gasteiger partial charge is 0.367 e. The van der Waals surface area contributed by atoms with Crippen molar-refractivity contribution in [2.75, 3.05) is 31.1 Å². The van der Waals surface area contributed by atoms with Gasteiger partial charge in [-0.2, -0.15) is 12.7 Å². The summed E-state index contributed by atoms with van der Waals surface area (Å²) in [5, 5.41) is 0. The second kappa shape index (κ2) is 4.58. The van der Waals surface area contributed by atoms with Crippen LogP contribution >= 0.6 is 0 Å². The van der Waals surface area contributed by atoms with Gasteiger partial charge in [0.1, 0.15) is 5.82 Å².